The first-order valence-corrected chi connectivity index (χ1v) is 4.62. The summed E-state index contributed by atoms with van der Waals surface area (Å²) in [7, 11) is 0. The molecule has 0 aliphatic heterocycles. The third-order valence-corrected chi connectivity index (χ3v) is 2.42. The average molecular weight is 218 g/mol. The minimum atomic E-state index is -4.55. The molecular weight excluding hydrogens is 205 g/mol. The SMILES string of the molecule is Cc1cccc(C)c1C[C@H](O)C(F)(F)F. The van der Waals surface area contributed by atoms with Crippen molar-refractivity contribution in [3.05, 3.63) is 34.9 Å². The molecule has 0 unspecified atom stereocenters. The Hall–Kier alpha value is -1.03. The standard InChI is InChI=1S/C11H13F3O/c1-7-4-3-5-8(2)9(7)6-10(15)11(12,13)14/h3-5,10,15H,6H2,1-2H3/t10-/m0/s1. The van der Waals surface area contributed by atoms with Gasteiger partial charge in [-0.15, -0.1) is 0 Å². The fourth-order valence-corrected chi connectivity index (χ4v) is 1.48. The number of aliphatic hydroxyl groups is 1. The summed E-state index contributed by atoms with van der Waals surface area (Å²) in [5.74, 6) is 0. The highest BCUT2D eigenvalue weighted by Crippen LogP contribution is 2.25. The molecule has 1 rings (SSSR count). The van der Waals surface area contributed by atoms with Crippen LogP contribution in [0.25, 0.3) is 0 Å². The first-order chi connectivity index (χ1) is 6.82. The van der Waals surface area contributed by atoms with Crippen molar-refractivity contribution in [2.45, 2.75) is 32.5 Å². The Morgan fingerprint density at radius 2 is 1.67 bits per heavy atom. The molecule has 0 amide bonds. The van der Waals surface area contributed by atoms with E-state index < -0.39 is 12.3 Å². The number of aliphatic hydroxyl groups excluding tert-OH is 1. The van der Waals surface area contributed by atoms with Crippen LogP contribution < -0.4 is 0 Å². The van der Waals surface area contributed by atoms with E-state index in [-0.39, 0.29) is 6.42 Å². The number of aryl methyl sites for hydroxylation is 2. The van der Waals surface area contributed by atoms with Crippen LogP contribution in [0.15, 0.2) is 18.2 Å². The van der Waals surface area contributed by atoms with Gasteiger partial charge in [0.25, 0.3) is 0 Å². The van der Waals surface area contributed by atoms with Crippen molar-refractivity contribution in [3.63, 3.8) is 0 Å². The molecule has 1 aromatic rings. The fraction of sp³-hybridized carbons (Fsp3) is 0.455. The van der Waals surface area contributed by atoms with Crippen molar-refractivity contribution >= 4 is 0 Å². The molecule has 0 saturated carbocycles. The summed E-state index contributed by atoms with van der Waals surface area (Å²) in [5, 5.41) is 8.96. The van der Waals surface area contributed by atoms with Gasteiger partial charge in [-0.25, -0.2) is 0 Å². The van der Waals surface area contributed by atoms with E-state index in [1.807, 2.05) is 0 Å². The Labute approximate surface area is 86.5 Å². The Morgan fingerprint density at radius 1 is 1.20 bits per heavy atom. The molecule has 0 heterocycles. The van der Waals surface area contributed by atoms with Crippen LogP contribution in [0.5, 0.6) is 0 Å². The van der Waals surface area contributed by atoms with E-state index in [2.05, 4.69) is 0 Å². The zero-order chi connectivity index (χ0) is 11.6. The molecule has 0 fully saturated rings. The Morgan fingerprint density at radius 3 is 2.07 bits per heavy atom. The zero-order valence-electron chi connectivity index (χ0n) is 8.60. The Kier molecular flexibility index (Phi) is 3.39. The van der Waals surface area contributed by atoms with Gasteiger partial charge in [-0.05, 0) is 30.5 Å². The number of benzene rings is 1. The third-order valence-electron chi connectivity index (χ3n) is 2.42. The number of hydrogen-bond acceptors (Lipinski definition) is 1. The van der Waals surface area contributed by atoms with Crippen LogP contribution in [-0.2, 0) is 6.42 Å². The minimum Gasteiger partial charge on any atom is -0.383 e. The van der Waals surface area contributed by atoms with Crippen LogP contribution in [0.3, 0.4) is 0 Å². The maximum Gasteiger partial charge on any atom is 0.414 e. The van der Waals surface area contributed by atoms with Crippen LogP contribution >= 0.6 is 0 Å². The summed E-state index contributed by atoms with van der Waals surface area (Å²) in [6, 6.07) is 5.27. The Balaban J connectivity index is 2.90. The molecule has 0 aliphatic rings. The fourth-order valence-electron chi connectivity index (χ4n) is 1.48. The number of rotatable bonds is 2. The van der Waals surface area contributed by atoms with E-state index in [1.54, 1.807) is 32.0 Å². The summed E-state index contributed by atoms with van der Waals surface area (Å²) in [5.41, 5.74) is 2.12. The van der Waals surface area contributed by atoms with E-state index in [9.17, 15) is 13.2 Å². The van der Waals surface area contributed by atoms with Gasteiger partial charge in [0, 0.05) is 6.42 Å². The lowest BCUT2D eigenvalue weighted by Gasteiger charge is -2.17. The van der Waals surface area contributed by atoms with Gasteiger partial charge in [0.1, 0.15) is 0 Å². The highest BCUT2D eigenvalue weighted by molar-refractivity contribution is 5.34. The van der Waals surface area contributed by atoms with Gasteiger partial charge >= 0.3 is 6.18 Å². The lowest BCUT2D eigenvalue weighted by molar-refractivity contribution is -0.203. The van der Waals surface area contributed by atoms with Crippen molar-refractivity contribution in [1.29, 1.82) is 0 Å². The maximum atomic E-state index is 12.1. The van der Waals surface area contributed by atoms with Crippen LogP contribution in [0.1, 0.15) is 16.7 Å². The van der Waals surface area contributed by atoms with Crippen molar-refractivity contribution in [1.82, 2.24) is 0 Å². The highest BCUT2D eigenvalue weighted by atomic mass is 19.4. The molecule has 0 spiro atoms. The monoisotopic (exact) mass is 218 g/mol. The molecule has 0 aromatic heterocycles. The van der Waals surface area contributed by atoms with Crippen molar-refractivity contribution in [3.8, 4) is 0 Å². The smallest absolute Gasteiger partial charge is 0.383 e. The molecule has 1 N–H and O–H groups in total. The van der Waals surface area contributed by atoms with Crippen LogP contribution in [0, 0.1) is 13.8 Å². The molecule has 1 aromatic carbocycles. The second-order valence-electron chi connectivity index (χ2n) is 3.63. The summed E-state index contributed by atoms with van der Waals surface area (Å²) in [4.78, 5) is 0. The summed E-state index contributed by atoms with van der Waals surface area (Å²) in [6.45, 7) is 3.48. The molecule has 0 saturated heterocycles. The second kappa shape index (κ2) is 4.23. The third kappa shape index (κ3) is 2.96. The largest absolute Gasteiger partial charge is 0.414 e. The molecule has 4 heteroatoms. The maximum absolute atomic E-state index is 12.1. The first-order valence-electron chi connectivity index (χ1n) is 4.62. The Bertz CT molecular complexity index is 324. The second-order valence-corrected chi connectivity index (χ2v) is 3.63. The van der Waals surface area contributed by atoms with Gasteiger partial charge in [-0.1, -0.05) is 18.2 Å². The molecule has 0 radical (unpaired) electrons. The molecule has 0 aliphatic carbocycles. The quantitative estimate of drug-likeness (QED) is 0.809. The van der Waals surface area contributed by atoms with Gasteiger partial charge in [0.2, 0.25) is 0 Å². The van der Waals surface area contributed by atoms with Gasteiger partial charge in [-0.2, -0.15) is 13.2 Å². The molecule has 84 valence electrons. The van der Waals surface area contributed by atoms with E-state index in [0.29, 0.717) is 5.56 Å². The summed E-state index contributed by atoms with van der Waals surface area (Å²) >= 11 is 0. The zero-order valence-corrected chi connectivity index (χ0v) is 8.60. The minimum absolute atomic E-state index is 0.373. The van der Waals surface area contributed by atoms with Crippen LogP contribution in [0.2, 0.25) is 0 Å². The molecule has 1 nitrogen and oxygen atoms in total. The van der Waals surface area contributed by atoms with Gasteiger partial charge in [0.05, 0.1) is 0 Å². The lowest BCUT2D eigenvalue weighted by atomic mass is 9.97. The number of alkyl halides is 3. The number of halogens is 3. The van der Waals surface area contributed by atoms with Crippen LogP contribution in [-0.4, -0.2) is 17.4 Å². The van der Waals surface area contributed by atoms with E-state index in [1.165, 1.54) is 0 Å². The topological polar surface area (TPSA) is 20.2 Å². The van der Waals surface area contributed by atoms with E-state index in [0.717, 1.165) is 11.1 Å². The lowest BCUT2D eigenvalue weighted by Crippen LogP contribution is -2.31. The summed E-state index contributed by atoms with van der Waals surface area (Å²) < 4.78 is 36.4. The highest BCUT2D eigenvalue weighted by Gasteiger charge is 2.38. The molecule has 1 atom stereocenters. The van der Waals surface area contributed by atoms with Crippen LogP contribution in [0.4, 0.5) is 13.2 Å². The predicted molar refractivity (Wildman–Crippen MR) is 51.7 cm³/mol. The van der Waals surface area contributed by atoms with E-state index >= 15 is 0 Å². The van der Waals surface area contributed by atoms with Gasteiger partial charge in [0.15, 0.2) is 6.10 Å². The molecular formula is C11H13F3O. The normalized spacial score (nSPS) is 14.0. The number of hydrogen-bond donors (Lipinski definition) is 1. The summed E-state index contributed by atoms with van der Waals surface area (Å²) in [6.07, 6.45) is -7.20. The first kappa shape index (κ1) is 12.0. The van der Waals surface area contributed by atoms with Crippen molar-refractivity contribution in [2.24, 2.45) is 0 Å². The van der Waals surface area contributed by atoms with E-state index in [4.69, 9.17) is 5.11 Å². The van der Waals surface area contributed by atoms with Gasteiger partial charge < -0.3 is 5.11 Å². The molecule has 0 bridgehead atoms. The van der Waals surface area contributed by atoms with Crippen molar-refractivity contribution < 1.29 is 18.3 Å². The molecule has 15 heavy (non-hydrogen) atoms. The predicted octanol–water partition coefficient (Wildman–Crippen LogP) is 2.77. The average Bonchev–Trinajstić information content (AvgIpc) is 2.09. The van der Waals surface area contributed by atoms with Gasteiger partial charge in [-0.3, -0.25) is 0 Å². The van der Waals surface area contributed by atoms with Crippen molar-refractivity contribution in [2.75, 3.05) is 0 Å².